The van der Waals surface area contributed by atoms with E-state index < -0.39 is 4.83 Å². The molecule has 0 amide bonds. The Hall–Kier alpha value is -0.535. The Kier molecular flexibility index (Phi) is 0.754. The van der Waals surface area contributed by atoms with Gasteiger partial charge in [-0.15, -0.1) is 0 Å². The minimum absolute atomic E-state index is 0.500. The molecule has 0 aromatic rings. The zero-order chi connectivity index (χ0) is 3.58. The summed E-state index contributed by atoms with van der Waals surface area (Å²) in [6.45, 7) is 0. The molecule has 3 nitrogen and oxygen atoms in total. The van der Waals surface area contributed by atoms with Crippen LogP contribution in [0.1, 0.15) is 0 Å². The topological polar surface area (TPSA) is 43.1 Å². The maximum atomic E-state index is 8.81. The van der Waals surface area contributed by atoms with E-state index >= 15 is 0 Å². The molecule has 0 aromatic heterocycles. The molecule has 0 aliphatic rings. The predicted molar refractivity (Wildman–Crippen MR) is 15.5 cm³/mol. The maximum Gasteiger partial charge on any atom is 0.248 e. The molecule has 0 saturated heterocycles. The minimum Gasteiger partial charge on any atom is -0.332 e. The Morgan fingerprint density at radius 1 is 2.00 bits per heavy atom. The van der Waals surface area contributed by atoms with Gasteiger partial charge in [0.15, 0.2) is 0 Å². The van der Waals surface area contributed by atoms with Crippen molar-refractivity contribution in [2.75, 3.05) is 0 Å². The fourth-order valence-electron chi connectivity index (χ4n) is 0. The second kappa shape index (κ2) is 0.871. The first kappa shape index (κ1) is 3.46. The predicted octanol–water partition coefficient (Wildman–Crippen LogP) is -1.19. The van der Waals surface area contributed by atoms with Gasteiger partial charge < -0.3 is 10.1 Å². The monoisotopic (exact) mass is 59.0 g/mol. The van der Waals surface area contributed by atoms with Crippen molar-refractivity contribution in [3.8, 4) is 0 Å². The lowest BCUT2D eigenvalue weighted by Crippen LogP contribution is -1.83. The van der Waals surface area contributed by atoms with Crippen molar-refractivity contribution in [1.29, 1.82) is 0 Å². The van der Waals surface area contributed by atoms with Gasteiger partial charge in [-0.2, -0.15) is 0 Å². The first-order chi connectivity index (χ1) is 1.73. The standard InChI is InChI=1S/BH2NO2/c1-2(3)4/h1H2/q-1. The summed E-state index contributed by atoms with van der Waals surface area (Å²) < 4.78 is 0. The fourth-order valence-corrected chi connectivity index (χ4v) is 0. The van der Waals surface area contributed by atoms with Crippen LogP contribution in [0.5, 0.6) is 0 Å². The van der Waals surface area contributed by atoms with Crippen LogP contribution in [0.3, 0.4) is 0 Å². The molecule has 0 aromatic carbocycles. The molecule has 0 atom stereocenters. The Bertz CT molecular complexity index is 29.0. The highest BCUT2D eigenvalue weighted by Gasteiger charge is 1.44. The van der Waals surface area contributed by atoms with E-state index in [9.17, 15) is 0 Å². The molecular weight excluding hydrogens is 56.8 g/mol. The second-order valence-electron chi connectivity index (χ2n) is 0.440. The second-order valence-corrected chi connectivity index (χ2v) is 0.440. The van der Waals surface area contributed by atoms with E-state index in [0.717, 1.165) is 7.98 Å². The number of rotatable bonds is 0. The molecule has 0 saturated carbocycles. The number of hydrogen-bond acceptors (Lipinski definition) is 2. The van der Waals surface area contributed by atoms with E-state index in [1.54, 1.807) is 0 Å². The normalized spacial score (nSPS) is 6.25. The Morgan fingerprint density at radius 2 is 2.00 bits per heavy atom. The van der Waals surface area contributed by atoms with Crippen LogP contribution in [0.2, 0.25) is 0 Å². The molecule has 0 unspecified atom stereocenters. The molecule has 0 spiro atoms. The van der Waals surface area contributed by atoms with Gasteiger partial charge in [-0.1, -0.05) is 0 Å². The summed E-state index contributed by atoms with van der Waals surface area (Å²) >= 11 is 0. The van der Waals surface area contributed by atoms with Gasteiger partial charge in [-0.05, 0) is 0 Å². The molecule has 0 aliphatic carbocycles. The van der Waals surface area contributed by atoms with Crippen LogP contribution in [0.15, 0.2) is 0 Å². The number of nitro groups is 1. The third-order valence-electron chi connectivity index (χ3n) is 0. The zero-order valence-corrected chi connectivity index (χ0v) is 2.26. The van der Waals surface area contributed by atoms with Crippen molar-refractivity contribution >= 4 is 7.98 Å². The Morgan fingerprint density at radius 3 is 2.00 bits per heavy atom. The molecule has 4 heteroatoms. The van der Waals surface area contributed by atoms with Crippen molar-refractivity contribution in [1.82, 2.24) is 0 Å². The summed E-state index contributed by atoms with van der Waals surface area (Å²) in [6, 6.07) is 0. The van der Waals surface area contributed by atoms with E-state index in [1.165, 1.54) is 0 Å². The van der Waals surface area contributed by atoms with E-state index in [0.29, 0.717) is 0 Å². The van der Waals surface area contributed by atoms with Gasteiger partial charge in [0.2, 0.25) is 7.98 Å². The summed E-state index contributed by atoms with van der Waals surface area (Å²) in [5.41, 5.74) is 0. The van der Waals surface area contributed by atoms with Crippen molar-refractivity contribution in [2.45, 2.75) is 0 Å². The first-order valence-electron chi connectivity index (χ1n) is 0.812. The van der Waals surface area contributed by atoms with Crippen molar-refractivity contribution in [3.05, 3.63) is 10.1 Å². The van der Waals surface area contributed by atoms with Crippen LogP contribution in [0, 0.1) is 10.1 Å². The average Bonchev–Trinajstić information content (AvgIpc) is 0.811. The summed E-state index contributed by atoms with van der Waals surface area (Å²) in [5, 5.41) is 8.81. The van der Waals surface area contributed by atoms with Crippen LogP contribution in [-0.2, 0) is 0 Å². The fraction of sp³-hybridized carbons (Fsp3) is 0. The van der Waals surface area contributed by atoms with Gasteiger partial charge in [0.05, 0.1) is 0 Å². The molecule has 0 bridgehead atoms. The quantitative estimate of drug-likeness (QED) is 0.200. The zero-order valence-electron chi connectivity index (χ0n) is 2.26. The average molecular weight is 58.8 g/mol. The Balaban J connectivity index is 2.80. The summed E-state index contributed by atoms with van der Waals surface area (Å²) in [7, 11) is 0.889. The Labute approximate surface area is 24.2 Å². The number of hydrogen-bond donors (Lipinski definition) is 0. The SMILES string of the molecule is [BH2-][N+](=O)[O-]. The summed E-state index contributed by atoms with van der Waals surface area (Å²) in [4.78, 5) is 8.31. The first-order valence-corrected chi connectivity index (χ1v) is 0.812. The van der Waals surface area contributed by atoms with Gasteiger partial charge in [0.1, 0.15) is 0 Å². The van der Waals surface area contributed by atoms with Crippen molar-refractivity contribution in [2.24, 2.45) is 0 Å². The third-order valence-corrected chi connectivity index (χ3v) is 0. The maximum absolute atomic E-state index is 8.81. The molecule has 0 rings (SSSR count). The lowest BCUT2D eigenvalue weighted by Gasteiger charge is -1.77. The molecule has 1 radical (unpaired) electrons. The van der Waals surface area contributed by atoms with Crippen LogP contribution in [-0.4, -0.2) is 12.8 Å². The molecule has 23 valence electrons. The van der Waals surface area contributed by atoms with E-state index in [1.807, 2.05) is 0 Å². The van der Waals surface area contributed by atoms with Crippen LogP contribution in [0.4, 0.5) is 0 Å². The molecule has 0 N–H and O–H groups in total. The van der Waals surface area contributed by atoms with Crippen molar-refractivity contribution in [3.63, 3.8) is 0 Å². The lowest BCUT2D eigenvalue weighted by atomic mass is 10.5. The largest absolute Gasteiger partial charge is 0.332 e. The van der Waals surface area contributed by atoms with Gasteiger partial charge in [0, 0.05) is 0 Å². The minimum atomic E-state index is -0.500. The van der Waals surface area contributed by atoms with Crippen LogP contribution >= 0.6 is 0 Å². The highest BCUT2D eigenvalue weighted by molar-refractivity contribution is 5.95. The molecule has 0 aliphatic heterocycles. The van der Waals surface area contributed by atoms with Gasteiger partial charge in [-0.3, -0.25) is 0 Å². The van der Waals surface area contributed by atoms with E-state index in [4.69, 9.17) is 10.1 Å². The molecular formula is H2BNO2-. The van der Waals surface area contributed by atoms with Crippen LogP contribution < -0.4 is 0 Å². The molecule has 4 heavy (non-hydrogen) atoms. The molecule has 0 fully saturated rings. The highest BCUT2D eigenvalue weighted by atomic mass is 16.6. The smallest absolute Gasteiger partial charge is 0.248 e. The van der Waals surface area contributed by atoms with Crippen LogP contribution in [0.25, 0.3) is 0 Å². The molecule has 0 heterocycles. The van der Waals surface area contributed by atoms with E-state index in [2.05, 4.69) is 0 Å². The lowest BCUT2D eigenvalue weighted by molar-refractivity contribution is -0.312. The van der Waals surface area contributed by atoms with Gasteiger partial charge in [-0.25, -0.2) is 4.83 Å². The number of nitrogens with zero attached hydrogens (tertiary/aromatic N) is 1. The van der Waals surface area contributed by atoms with Gasteiger partial charge in [0.25, 0.3) is 0 Å². The summed E-state index contributed by atoms with van der Waals surface area (Å²) in [5.74, 6) is 0. The van der Waals surface area contributed by atoms with Gasteiger partial charge >= 0.3 is 0 Å². The van der Waals surface area contributed by atoms with Crippen molar-refractivity contribution < 1.29 is 4.83 Å². The third kappa shape index (κ3) is 1.11. The highest BCUT2D eigenvalue weighted by Crippen LogP contribution is 1.36. The van der Waals surface area contributed by atoms with E-state index in [-0.39, 0.29) is 0 Å². The summed E-state index contributed by atoms with van der Waals surface area (Å²) in [6.07, 6.45) is 0.